The number of hydrogen-bond donors (Lipinski definition) is 1. The zero-order valence-corrected chi connectivity index (χ0v) is 13.1. The Bertz CT molecular complexity index is 599. The molecule has 1 unspecified atom stereocenters. The van der Waals surface area contributed by atoms with Gasteiger partial charge in [0, 0.05) is 4.47 Å². The van der Waals surface area contributed by atoms with Gasteiger partial charge in [-0.25, -0.2) is 0 Å². The summed E-state index contributed by atoms with van der Waals surface area (Å²) in [6, 6.07) is 16.2. The molecule has 0 bridgehead atoms. The molecule has 0 spiro atoms. The van der Waals surface area contributed by atoms with Gasteiger partial charge in [0.2, 0.25) is 0 Å². The third kappa shape index (κ3) is 3.84. The van der Waals surface area contributed by atoms with E-state index in [9.17, 15) is 4.79 Å². The third-order valence-corrected chi connectivity index (χ3v) is 4.13. The van der Waals surface area contributed by atoms with Gasteiger partial charge in [-0.1, -0.05) is 58.4 Å². The zero-order chi connectivity index (χ0) is 14.5. The normalized spacial score (nSPS) is 12.1. The Labute approximate surface area is 131 Å². The molecule has 0 saturated heterocycles. The standard InChI is InChI=1S/C16H14BrClO2/c17-14-10-11(7-9-15(18)16(19)20)6-8-13(14)12-4-2-1-3-5-12/h1-6,8,10,15H,7,9H2,(H,19,20). The van der Waals surface area contributed by atoms with Crippen molar-refractivity contribution in [1.29, 1.82) is 0 Å². The minimum Gasteiger partial charge on any atom is -0.480 e. The molecular weight excluding hydrogens is 340 g/mol. The highest BCUT2D eigenvalue weighted by atomic mass is 79.9. The van der Waals surface area contributed by atoms with Crippen molar-refractivity contribution >= 4 is 33.5 Å². The van der Waals surface area contributed by atoms with Gasteiger partial charge in [-0.2, -0.15) is 0 Å². The van der Waals surface area contributed by atoms with E-state index in [0.29, 0.717) is 12.8 Å². The fourth-order valence-corrected chi connectivity index (χ4v) is 2.75. The first kappa shape index (κ1) is 15.1. The monoisotopic (exact) mass is 352 g/mol. The van der Waals surface area contributed by atoms with E-state index >= 15 is 0 Å². The van der Waals surface area contributed by atoms with Crippen molar-refractivity contribution in [2.45, 2.75) is 18.2 Å². The predicted molar refractivity (Wildman–Crippen MR) is 85.2 cm³/mol. The lowest BCUT2D eigenvalue weighted by atomic mass is 10.0. The summed E-state index contributed by atoms with van der Waals surface area (Å²) in [6.07, 6.45) is 1.07. The van der Waals surface area contributed by atoms with Crippen molar-refractivity contribution in [3.8, 4) is 11.1 Å². The van der Waals surface area contributed by atoms with Crippen molar-refractivity contribution < 1.29 is 9.90 Å². The topological polar surface area (TPSA) is 37.3 Å². The fourth-order valence-electron chi connectivity index (χ4n) is 1.98. The van der Waals surface area contributed by atoms with Crippen LogP contribution in [-0.4, -0.2) is 16.5 Å². The molecule has 20 heavy (non-hydrogen) atoms. The molecule has 0 aliphatic rings. The molecule has 0 heterocycles. The highest BCUT2D eigenvalue weighted by Crippen LogP contribution is 2.29. The lowest BCUT2D eigenvalue weighted by Crippen LogP contribution is -2.13. The number of halogens is 2. The van der Waals surface area contributed by atoms with Crippen LogP contribution < -0.4 is 0 Å². The van der Waals surface area contributed by atoms with E-state index in [1.165, 1.54) is 0 Å². The van der Waals surface area contributed by atoms with Gasteiger partial charge in [-0.3, -0.25) is 4.79 Å². The lowest BCUT2D eigenvalue weighted by Gasteiger charge is -2.09. The summed E-state index contributed by atoms with van der Waals surface area (Å²) < 4.78 is 1.00. The number of aryl methyl sites for hydroxylation is 1. The summed E-state index contributed by atoms with van der Waals surface area (Å²) in [5.74, 6) is -0.966. The summed E-state index contributed by atoms with van der Waals surface area (Å²) in [4.78, 5) is 10.7. The molecule has 0 saturated carbocycles. The summed E-state index contributed by atoms with van der Waals surface area (Å²) in [7, 11) is 0. The molecule has 2 aromatic carbocycles. The number of alkyl halides is 1. The molecule has 0 amide bonds. The number of carboxylic acid groups (broad SMARTS) is 1. The first-order chi connectivity index (χ1) is 9.58. The number of rotatable bonds is 5. The Morgan fingerprint density at radius 3 is 2.50 bits per heavy atom. The van der Waals surface area contributed by atoms with Gasteiger partial charge in [0.25, 0.3) is 0 Å². The van der Waals surface area contributed by atoms with Gasteiger partial charge in [-0.05, 0) is 35.6 Å². The molecule has 2 rings (SSSR count). The zero-order valence-electron chi connectivity index (χ0n) is 10.7. The van der Waals surface area contributed by atoms with Crippen LogP contribution in [0.15, 0.2) is 53.0 Å². The van der Waals surface area contributed by atoms with E-state index < -0.39 is 11.3 Å². The van der Waals surface area contributed by atoms with Crippen molar-refractivity contribution in [3.63, 3.8) is 0 Å². The van der Waals surface area contributed by atoms with Crippen molar-refractivity contribution in [2.75, 3.05) is 0 Å². The number of benzene rings is 2. The van der Waals surface area contributed by atoms with E-state index in [1.54, 1.807) is 0 Å². The van der Waals surface area contributed by atoms with Crippen LogP contribution in [0.5, 0.6) is 0 Å². The minimum atomic E-state index is -0.966. The van der Waals surface area contributed by atoms with Crippen molar-refractivity contribution in [3.05, 3.63) is 58.6 Å². The molecule has 2 aromatic rings. The largest absolute Gasteiger partial charge is 0.480 e. The Morgan fingerprint density at radius 1 is 1.20 bits per heavy atom. The van der Waals surface area contributed by atoms with E-state index in [1.807, 2.05) is 36.4 Å². The van der Waals surface area contributed by atoms with Crippen molar-refractivity contribution in [2.24, 2.45) is 0 Å². The van der Waals surface area contributed by atoms with Gasteiger partial charge < -0.3 is 5.11 Å². The molecular formula is C16H14BrClO2. The van der Waals surface area contributed by atoms with Gasteiger partial charge in [0.15, 0.2) is 0 Å². The highest BCUT2D eigenvalue weighted by molar-refractivity contribution is 9.10. The molecule has 104 valence electrons. The first-order valence-corrected chi connectivity index (χ1v) is 7.51. The average molecular weight is 354 g/mol. The fraction of sp³-hybridized carbons (Fsp3) is 0.188. The molecule has 0 aliphatic heterocycles. The second-order valence-electron chi connectivity index (χ2n) is 4.52. The average Bonchev–Trinajstić information content (AvgIpc) is 2.45. The molecule has 0 aromatic heterocycles. The maximum Gasteiger partial charge on any atom is 0.321 e. The maximum atomic E-state index is 10.7. The predicted octanol–water partition coefficient (Wildman–Crippen LogP) is 4.74. The van der Waals surface area contributed by atoms with Gasteiger partial charge in [0.1, 0.15) is 5.38 Å². The van der Waals surface area contributed by atoms with Gasteiger partial charge in [0.05, 0.1) is 0 Å². The van der Waals surface area contributed by atoms with Crippen LogP contribution in [0.25, 0.3) is 11.1 Å². The van der Waals surface area contributed by atoms with Crippen LogP contribution >= 0.6 is 27.5 Å². The molecule has 4 heteroatoms. The number of aliphatic carboxylic acids is 1. The molecule has 0 fully saturated rings. The van der Waals surface area contributed by atoms with Gasteiger partial charge in [-0.15, -0.1) is 11.6 Å². The Kier molecular flexibility index (Phi) is 5.21. The summed E-state index contributed by atoms with van der Waals surface area (Å²) >= 11 is 9.29. The van der Waals surface area contributed by atoms with E-state index in [4.69, 9.17) is 16.7 Å². The Morgan fingerprint density at radius 2 is 1.90 bits per heavy atom. The SMILES string of the molecule is O=C(O)C(Cl)CCc1ccc(-c2ccccc2)c(Br)c1. The Hall–Kier alpha value is -1.32. The first-order valence-electron chi connectivity index (χ1n) is 6.28. The number of carbonyl (C=O) groups is 1. The number of carboxylic acids is 1. The molecule has 2 nitrogen and oxygen atoms in total. The summed E-state index contributed by atoms with van der Waals surface area (Å²) in [6.45, 7) is 0. The van der Waals surface area contributed by atoms with E-state index in [2.05, 4.69) is 28.1 Å². The molecule has 1 atom stereocenters. The smallest absolute Gasteiger partial charge is 0.321 e. The minimum absolute atomic E-state index is 0.425. The van der Waals surface area contributed by atoms with Crippen molar-refractivity contribution in [1.82, 2.24) is 0 Å². The van der Waals surface area contributed by atoms with E-state index in [0.717, 1.165) is 21.2 Å². The second-order valence-corrected chi connectivity index (χ2v) is 5.91. The third-order valence-electron chi connectivity index (χ3n) is 3.07. The van der Waals surface area contributed by atoms with Crippen LogP contribution in [0.2, 0.25) is 0 Å². The summed E-state index contributed by atoms with van der Waals surface area (Å²) in [5, 5.41) is 7.94. The summed E-state index contributed by atoms with van der Waals surface area (Å²) in [5.41, 5.74) is 3.34. The molecule has 1 N–H and O–H groups in total. The Balaban J connectivity index is 2.12. The van der Waals surface area contributed by atoms with Gasteiger partial charge >= 0.3 is 5.97 Å². The van der Waals surface area contributed by atoms with Crippen LogP contribution in [0, 0.1) is 0 Å². The van der Waals surface area contributed by atoms with Crippen LogP contribution in [-0.2, 0) is 11.2 Å². The number of hydrogen-bond acceptors (Lipinski definition) is 1. The molecule has 0 aliphatic carbocycles. The van der Waals surface area contributed by atoms with Crippen LogP contribution in [0.3, 0.4) is 0 Å². The maximum absolute atomic E-state index is 10.7. The molecule has 0 radical (unpaired) electrons. The van der Waals surface area contributed by atoms with Crippen LogP contribution in [0.1, 0.15) is 12.0 Å². The second kappa shape index (κ2) is 6.91. The quantitative estimate of drug-likeness (QED) is 0.788. The van der Waals surface area contributed by atoms with E-state index in [-0.39, 0.29) is 0 Å². The van der Waals surface area contributed by atoms with Crippen LogP contribution in [0.4, 0.5) is 0 Å². The highest BCUT2D eigenvalue weighted by Gasteiger charge is 2.13. The lowest BCUT2D eigenvalue weighted by molar-refractivity contribution is -0.136.